The highest BCUT2D eigenvalue weighted by Gasteiger charge is 2.24. The molecular weight excluding hydrogens is 351 g/mol. The molecule has 1 unspecified atom stereocenters. The molecule has 2 heterocycles. The maximum Gasteiger partial charge on any atom is 0.320 e. The molecule has 0 saturated carbocycles. The number of fused-ring (bicyclic) bond motifs is 1. The van der Waals surface area contributed by atoms with Gasteiger partial charge in [0.05, 0.1) is 17.7 Å². The molecule has 0 saturated heterocycles. The first-order chi connectivity index (χ1) is 12.1. The van der Waals surface area contributed by atoms with Crippen LogP contribution in [0.3, 0.4) is 0 Å². The number of aliphatic hydroxyl groups excluding tert-OH is 1. The van der Waals surface area contributed by atoms with E-state index in [1.807, 2.05) is 6.07 Å². The van der Waals surface area contributed by atoms with Crippen molar-refractivity contribution in [1.29, 1.82) is 0 Å². The van der Waals surface area contributed by atoms with E-state index in [2.05, 4.69) is 20.6 Å². The lowest BCUT2D eigenvalue weighted by atomic mass is 10.0. The summed E-state index contributed by atoms with van der Waals surface area (Å²) in [5, 5.41) is 15.3. The van der Waals surface area contributed by atoms with Gasteiger partial charge in [0.2, 0.25) is 0 Å². The van der Waals surface area contributed by atoms with Crippen LogP contribution in [0.15, 0.2) is 30.5 Å². The molecule has 0 spiro atoms. The molecular formula is C16H16ClFN4O3. The third-order valence-electron chi connectivity index (χ3n) is 3.69. The third kappa shape index (κ3) is 3.97. The molecule has 25 heavy (non-hydrogen) atoms. The molecule has 9 heteroatoms. The van der Waals surface area contributed by atoms with Gasteiger partial charge in [0, 0.05) is 18.2 Å². The number of benzene rings is 1. The number of halogens is 2. The topological polar surface area (TPSA) is 96.4 Å². The van der Waals surface area contributed by atoms with Crippen molar-refractivity contribution in [2.45, 2.75) is 18.6 Å². The summed E-state index contributed by atoms with van der Waals surface area (Å²) < 4.78 is 18.0. The van der Waals surface area contributed by atoms with Gasteiger partial charge in [-0.15, -0.1) is 0 Å². The second-order valence-corrected chi connectivity index (χ2v) is 5.82. The van der Waals surface area contributed by atoms with Crippen LogP contribution in [-0.4, -0.2) is 34.4 Å². The number of nitrogens with one attached hydrogen (secondary N) is 2. The minimum atomic E-state index is -1.42. The number of carbonyl (C=O) groups excluding carboxylic acids is 1. The lowest BCUT2D eigenvalue weighted by Crippen LogP contribution is -2.35. The quantitative estimate of drug-likeness (QED) is 0.773. The lowest BCUT2D eigenvalue weighted by Gasteiger charge is -2.27. The van der Waals surface area contributed by atoms with Gasteiger partial charge >= 0.3 is 6.03 Å². The predicted molar refractivity (Wildman–Crippen MR) is 89.4 cm³/mol. The van der Waals surface area contributed by atoms with Crippen molar-refractivity contribution >= 4 is 23.4 Å². The first-order valence-corrected chi connectivity index (χ1v) is 8.02. The number of rotatable bonds is 4. The average Bonchev–Trinajstić information content (AvgIpc) is 2.62. The molecule has 2 aromatic rings. The Morgan fingerprint density at radius 1 is 1.48 bits per heavy atom. The number of hydrogen-bond donors (Lipinski definition) is 3. The Balaban J connectivity index is 1.69. The van der Waals surface area contributed by atoms with Crippen molar-refractivity contribution in [3.05, 3.63) is 46.9 Å². The Morgan fingerprint density at radius 3 is 3.12 bits per heavy atom. The zero-order valence-corrected chi connectivity index (χ0v) is 13.8. The Morgan fingerprint density at radius 2 is 2.32 bits per heavy atom. The van der Waals surface area contributed by atoms with Crippen molar-refractivity contribution in [3.8, 4) is 5.75 Å². The predicted octanol–water partition coefficient (Wildman–Crippen LogP) is 2.78. The molecule has 3 rings (SSSR count). The zero-order chi connectivity index (χ0) is 17.8. The number of para-hydroxylation sites is 1. The average molecular weight is 367 g/mol. The fourth-order valence-electron chi connectivity index (χ4n) is 2.52. The summed E-state index contributed by atoms with van der Waals surface area (Å²) in [5.74, 6) is 0.632. The van der Waals surface area contributed by atoms with Gasteiger partial charge in [0.25, 0.3) is 0 Å². The van der Waals surface area contributed by atoms with Crippen molar-refractivity contribution in [2.75, 3.05) is 18.6 Å². The van der Waals surface area contributed by atoms with Gasteiger partial charge in [-0.3, -0.25) is 5.32 Å². The van der Waals surface area contributed by atoms with E-state index < -0.39 is 18.8 Å². The Kier molecular flexibility index (Phi) is 5.30. The summed E-state index contributed by atoms with van der Waals surface area (Å²) in [6.45, 7) is -0.572. The second-order valence-electron chi connectivity index (χ2n) is 5.42. The van der Waals surface area contributed by atoms with Crippen LogP contribution in [0.5, 0.6) is 5.75 Å². The summed E-state index contributed by atoms with van der Waals surface area (Å²) in [5.41, 5.74) is 0.796. The lowest BCUT2D eigenvalue weighted by molar-refractivity contribution is 0.133. The Hall–Kier alpha value is -2.45. The second kappa shape index (κ2) is 7.62. The smallest absolute Gasteiger partial charge is 0.320 e. The molecule has 0 aliphatic carbocycles. The van der Waals surface area contributed by atoms with E-state index >= 15 is 0 Å². The van der Waals surface area contributed by atoms with Crippen LogP contribution in [-0.2, 0) is 0 Å². The molecule has 1 aliphatic rings. The van der Waals surface area contributed by atoms with Crippen molar-refractivity contribution in [1.82, 2.24) is 15.3 Å². The zero-order valence-electron chi connectivity index (χ0n) is 13.1. The normalized spacial score (nSPS) is 17.2. The van der Waals surface area contributed by atoms with Gasteiger partial charge in [0.1, 0.15) is 24.3 Å². The van der Waals surface area contributed by atoms with Crippen molar-refractivity contribution < 1.29 is 19.0 Å². The van der Waals surface area contributed by atoms with E-state index in [-0.39, 0.29) is 17.7 Å². The van der Waals surface area contributed by atoms with E-state index in [1.165, 1.54) is 12.3 Å². The SMILES string of the molecule is O=C(Nc1ccnc(C(O)CF)n1)N[C@H]1CCOc2c(Cl)cccc21. The monoisotopic (exact) mass is 366 g/mol. The molecule has 0 bridgehead atoms. The minimum Gasteiger partial charge on any atom is -0.492 e. The fourth-order valence-corrected chi connectivity index (χ4v) is 2.76. The minimum absolute atomic E-state index is 0.0940. The van der Waals surface area contributed by atoms with Crippen molar-refractivity contribution in [3.63, 3.8) is 0 Å². The Labute approximate surface area is 148 Å². The molecule has 3 N–H and O–H groups in total. The van der Waals surface area contributed by atoms with E-state index in [0.29, 0.717) is 23.8 Å². The molecule has 0 fully saturated rings. The number of urea groups is 1. The number of hydrogen-bond acceptors (Lipinski definition) is 5. The largest absolute Gasteiger partial charge is 0.492 e. The van der Waals surface area contributed by atoms with E-state index in [1.54, 1.807) is 12.1 Å². The van der Waals surface area contributed by atoms with Gasteiger partial charge < -0.3 is 15.2 Å². The maximum absolute atomic E-state index is 12.5. The highest BCUT2D eigenvalue weighted by molar-refractivity contribution is 6.32. The highest BCUT2D eigenvalue weighted by atomic mass is 35.5. The maximum atomic E-state index is 12.5. The number of anilines is 1. The van der Waals surface area contributed by atoms with Crippen LogP contribution >= 0.6 is 11.6 Å². The fraction of sp³-hybridized carbons (Fsp3) is 0.312. The molecule has 7 nitrogen and oxygen atoms in total. The summed E-state index contributed by atoms with van der Waals surface area (Å²) in [6, 6.07) is 6.05. The number of ether oxygens (including phenoxy) is 1. The third-order valence-corrected chi connectivity index (χ3v) is 3.99. The first kappa shape index (κ1) is 17.4. The van der Waals surface area contributed by atoms with Crippen LogP contribution in [0.1, 0.15) is 30.0 Å². The molecule has 1 aliphatic heterocycles. The molecule has 0 radical (unpaired) electrons. The summed E-state index contributed by atoms with van der Waals surface area (Å²) >= 11 is 6.11. The highest BCUT2D eigenvalue weighted by Crippen LogP contribution is 2.37. The molecule has 2 amide bonds. The summed E-state index contributed by atoms with van der Waals surface area (Å²) in [7, 11) is 0. The standard InChI is InChI=1S/C16H16ClFN4O3/c17-10-3-1-2-9-11(5-7-25-14(9)10)20-16(24)22-13-4-6-19-15(21-13)12(23)8-18/h1-4,6,11-12,23H,5,7-8H2,(H2,19,20,21,22,24)/t11-,12?/m0/s1. The number of nitrogens with zero attached hydrogens (tertiary/aromatic N) is 2. The molecule has 2 atom stereocenters. The van der Waals surface area contributed by atoms with Crippen LogP contribution in [0.2, 0.25) is 5.02 Å². The summed E-state index contributed by atoms with van der Waals surface area (Å²) in [4.78, 5) is 19.9. The van der Waals surface area contributed by atoms with Crippen LogP contribution in [0, 0.1) is 0 Å². The van der Waals surface area contributed by atoms with Gasteiger partial charge in [-0.1, -0.05) is 23.7 Å². The van der Waals surface area contributed by atoms with E-state index in [0.717, 1.165) is 5.56 Å². The van der Waals surface area contributed by atoms with E-state index in [9.17, 15) is 14.3 Å². The van der Waals surface area contributed by atoms with Crippen LogP contribution in [0.25, 0.3) is 0 Å². The molecule has 1 aromatic heterocycles. The van der Waals surface area contributed by atoms with Crippen LogP contribution in [0.4, 0.5) is 15.0 Å². The van der Waals surface area contributed by atoms with Gasteiger partial charge in [0.15, 0.2) is 5.82 Å². The van der Waals surface area contributed by atoms with Gasteiger partial charge in [-0.2, -0.15) is 0 Å². The molecule has 132 valence electrons. The first-order valence-electron chi connectivity index (χ1n) is 7.64. The molecule has 1 aromatic carbocycles. The Bertz CT molecular complexity index is 777. The number of aromatic nitrogens is 2. The summed E-state index contributed by atoms with van der Waals surface area (Å²) in [6.07, 6.45) is 0.505. The van der Waals surface area contributed by atoms with Gasteiger partial charge in [-0.05, 0) is 12.1 Å². The number of amides is 2. The van der Waals surface area contributed by atoms with Crippen LogP contribution < -0.4 is 15.4 Å². The van der Waals surface area contributed by atoms with Crippen molar-refractivity contribution in [2.24, 2.45) is 0 Å². The number of aliphatic hydroxyl groups is 1. The number of alkyl halides is 1. The van der Waals surface area contributed by atoms with E-state index in [4.69, 9.17) is 16.3 Å². The number of carbonyl (C=O) groups is 1. The van der Waals surface area contributed by atoms with Gasteiger partial charge in [-0.25, -0.2) is 19.2 Å².